The van der Waals surface area contributed by atoms with Crippen LogP contribution in [-0.2, 0) is 0 Å². The molecule has 2 heterocycles. The number of carbonyl (C=O) groups excluding carboxylic acids is 1. The Hall–Kier alpha value is -1.76. The van der Waals surface area contributed by atoms with Gasteiger partial charge in [-0.1, -0.05) is 17.7 Å². The second-order valence-corrected chi connectivity index (χ2v) is 6.64. The molecule has 0 aliphatic rings. The third-order valence-corrected chi connectivity index (χ3v) is 4.70. The number of hydrogen-bond donors (Lipinski definition) is 1. The van der Waals surface area contributed by atoms with E-state index in [1.165, 1.54) is 11.3 Å². The number of pyridine rings is 1. The molecule has 0 fully saturated rings. The Morgan fingerprint density at radius 2 is 2.09 bits per heavy atom. The van der Waals surface area contributed by atoms with Crippen LogP contribution in [0.25, 0.3) is 10.7 Å². The predicted molar refractivity (Wildman–Crippen MR) is 92.5 cm³/mol. The quantitative estimate of drug-likeness (QED) is 0.689. The SMILES string of the molecule is O=C(Nc1ccc(Cl)cc1Br)c1cnc(-c2ccccn2)s1. The molecule has 0 spiro atoms. The van der Waals surface area contributed by atoms with Gasteiger partial charge in [-0.05, 0) is 46.3 Å². The second kappa shape index (κ2) is 6.56. The van der Waals surface area contributed by atoms with Crippen molar-refractivity contribution in [2.24, 2.45) is 0 Å². The van der Waals surface area contributed by atoms with E-state index in [0.29, 0.717) is 20.6 Å². The zero-order chi connectivity index (χ0) is 15.5. The van der Waals surface area contributed by atoms with Gasteiger partial charge in [-0.25, -0.2) is 4.98 Å². The molecule has 0 bridgehead atoms. The van der Waals surface area contributed by atoms with Crippen molar-refractivity contribution in [2.75, 3.05) is 5.32 Å². The molecule has 0 radical (unpaired) electrons. The second-order valence-electron chi connectivity index (χ2n) is 4.32. The molecule has 3 aromatic rings. The van der Waals surface area contributed by atoms with Gasteiger partial charge in [0.15, 0.2) is 0 Å². The molecule has 0 saturated heterocycles. The summed E-state index contributed by atoms with van der Waals surface area (Å²) in [6, 6.07) is 10.8. The van der Waals surface area contributed by atoms with Crippen LogP contribution in [-0.4, -0.2) is 15.9 Å². The number of rotatable bonds is 3. The summed E-state index contributed by atoms with van der Waals surface area (Å²) in [5.74, 6) is -0.220. The first-order valence-corrected chi connectivity index (χ1v) is 8.26. The molecule has 22 heavy (non-hydrogen) atoms. The summed E-state index contributed by atoms with van der Waals surface area (Å²) >= 11 is 10.5. The predicted octanol–water partition coefficient (Wildman–Crippen LogP) is 4.87. The molecule has 1 amide bonds. The van der Waals surface area contributed by atoms with E-state index in [4.69, 9.17) is 11.6 Å². The van der Waals surface area contributed by atoms with Gasteiger partial charge in [0.25, 0.3) is 5.91 Å². The van der Waals surface area contributed by atoms with Crippen molar-refractivity contribution >= 4 is 50.5 Å². The fourth-order valence-corrected chi connectivity index (χ4v) is 3.33. The van der Waals surface area contributed by atoms with Crippen LogP contribution in [0.3, 0.4) is 0 Å². The standard InChI is InChI=1S/C15H9BrClN3OS/c16-10-7-9(17)4-5-11(10)20-14(21)13-8-19-15(22-13)12-3-1-2-6-18-12/h1-8H,(H,20,21). The Kier molecular flexibility index (Phi) is 4.52. The van der Waals surface area contributed by atoms with Crippen molar-refractivity contribution in [3.05, 3.63) is 63.2 Å². The first-order chi connectivity index (χ1) is 10.6. The van der Waals surface area contributed by atoms with E-state index in [0.717, 1.165) is 10.2 Å². The van der Waals surface area contributed by atoms with E-state index >= 15 is 0 Å². The molecular weight excluding hydrogens is 386 g/mol. The monoisotopic (exact) mass is 393 g/mol. The van der Waals surface area contributed by atoms with Crippen molar-refractivity contribution in [1.29, 1.82) is 0 Å². The Balaban J connectivity index is 1.80. The minimum atomic E-state index is -0.220. The Bertz CT molecular complexity index is 823. The van der Waals surface area contributed by atoms with Gasteiger partial charge in [-0.3, -0.25) is 9.78 Å². The molecule has 110 valence electrons. The molecule has 3 rings (SSSR count). The van der Waals surface area contributed by atoms with Crippen LogP contribution in [0.2, 0.25) is 5.02 Å². The van der Waals surface area contributed by atoms with Crippen molar-refractivity contribution in [2.45, 2.75) is 0 Å². The van der Waals surface area contributed by atoms with Gasteiger partial charge in [0, 0.05) is 15.7 Å². The van der Waals surface area contributed by atoms with E-state index < -0.39 is 0 Å². The Morgan fingerprint density at radius 3 is 2.82 bits per heavy atom. The molecule has 2 aromatic heterocycles. The van der Waals surface area contributed by atoms with E-state index in [2.05, 4.69) is 31.2 Å². The number of anilines is 1. The fourth-order valence-electron chi connectivity index (χ4n) is 1.76. The molecule has 4 nitrogen and oxygen atoms in total. The molecule has 0 atom stereocenters. The third kappa shape index (κ3) is 3.35. The summed E-state index contributed by atoms with van der Waals surface area (Å²) in [6.45, 7) is 0. The highest BCUT2D eigenvalue weighted by Gasteiger charge is 2.13. The summed E-state index contributed by atoms with van der Waals surface area (Å²) < 4.78 is 0.725. The first kappa shape index (κ1) is 15.1. The van der Waals surface area contributed by atoms with Gasteiger partial charge in [-0.2, -0.15) is 0 Å². The summed E-state index contributed by atoms with van der Waals surface area (Å²) in [7, 11) is 0. The van der Waals surface area contributed by atoms with Gasteiger partial charge in [0.05, 0.1) is 17.6 Å². The van der Waals surface area contributed by atoms with Crippen LogP contribution >= 0.6 is 38.9 Å². The topological polar surface area (TPSA) is 54.9 Å². The van der Waals surface area contributed by atoms with Gasteiger partial charge in [-0.15, -0.1) is 11.3 Å². The van der Waals surface area contributed by atoms with Crippen LogP contribution < -0.4 is 5.32 Å². The van der Waals surface area contributed by atoms with Crippen molar-refractivity contribution in [1.82, 2.24) is 9.97 Å². The van der Waals surface area contributed by atoms with E-state index in [1.54, 1.807) is 30.6 Å². The third-order valence-electron chi connectivity index (χ3n) is 2.79. The maximum absolute atomic E-state index is 12.3. The minimum Gasteiger partial charge on any atom is -0.320 e. The molecule has 1 N–H and O–H groups in total. The van der Waals surface area contributed by atoms with Crippen molar-refractivity contribution < 1.29 is 4.79 Å². The zero-order valence-electron chi connectivity index (χ0n) is 11.1. The van der Waals surface area contributed by atoms with Crippen LogP contribution in [0.5, 0.6) is 0 Å². The van der Waals surface area contributed by atoms with E-state index in [1.807, 2.05) is 18.2 Å². The molecule has 7 heteroatoms. The van der Waals surface area contributed by atoms with Gasteiger partial charge < -0.3 is 5.32 Å². The van der Waals surface area contributed by atoms with Crippen LogP contribution in [0.4, 0.5) is 5.69 Å². The lowest BCUT2D eigenvalue weighted by Gasteiger charge is -2.06. The van der Waals surface area contributed by atoms with Gasteiger partial charge >= 0.3 is 0 Å². The van der Waals surface area contributed by atoms with E-state index in [9.17, 15) is 4.79 Å². The number of nitrogens with one attached hydrogen (secondary N) is 1. The zero-order valence-corrected chi connectivity index (χ0v) is 14.2. The number of hydrogen-bond acceptors (Lipinski definition) is 4. The first-order valence-electron chi connectivity index (χ1n) is 6.27. The smallest absolute Gasteiger partial charge is 0.267 e. The number of aromatic nitrogens is 2. The number of thiazole rings is 1. The molecule has 0 saturated carbocycles. The summed E-state index contributed by atoms with van der Waals surface area (Å²) in [5.41, 5.74) is 1.40. The fraction of sp³-hybridized carbons (Fsp3) is 0. The highest BCUT2D eigenvalue weighted by atomic mass is 79.9. The van der Waals surface area contributed by atoms with Crippen molar-refractivity contribution in [3.8, 4) is 10.7 Å². The average molecular weight is 395 g/mol. The van der Waals surface area contributed by atoms with Crippen LogP contribution in [0.1, 0.15) is 9.67 Å². The Morgan fingerprint density at radius 1 is 1.23 bits per heavy atom. The summed E-state index contributed by atoms with van der Waals surface area (Å²) in [4.78, 5) is 21.3. The van der Waals surface area contributed by atoms with E-state index in [-0.39, 0.29) is 5.91 Å². The number of benzene rings is 1. The number of halogens is 2. The maximum atomic E-state index is 12.3. The Labute approximate surface area is 144 Å². The molecule has 0 aliphatic carbocycles. The van der Waals surface area contributed by atoms with Crippen LogP contribution in [0, 0.1) is 0 Å². The molecule has 1 aromatic carbocycles. The van der Waals surface area contributed by atoms with Crippen LogP contribution in [0.15, 0.2) is 53.3 Å². The largest absolute Gasteiger partial charge is 0.320 e. The molecule has 0 unspecified atom stereocenters. The number of nitrogens with zero attached hydrogens (tertiary/aromatic N) is 2. The lowest BCUT2D eigenvalue weighted by atomic mass is 10.3. The highest BCUT2D eigenvalue weighted by Crippen LogP contribution is 2.28. The van der Waals surface area contributed by atoms with Crippen molar-refractivity contribution in [3.63, 3.8) is 0 Å². The lowest BCUT2D eigenvalue weighted by Crippen LogP contribution is -2.10. The maximum Gasteiger partial charge on any atom is 0.267 e. The summed E-state index contributed by atoms with van der Waals surface area (Å²) in [6.07, 6.45) is 3.25. The molecule has 0 aliphatic heterocycles. The van der Waals surface area contributed by atoms with Gasteiger partial charge in [0.2, 0.25) is 0 Å². The number of amides is 1. The van der Waals surface area contributed by atoms with Gasteiger partial charge in [0.1, 0.15) is 9.88 Å². The highest BCUT2D eigenvalue weighted by molar-refractivity contribution is 9.10. The lowest BCUT2D eigenvalue weighted by molar-refractivity contribution is 0.103. The average Bonchev–Trinajstić information content (AvgIpc) is 3.01. The summed E-state index contributed by atoms with van der Waals surface area (Å²) in [5, 5.41) is 4.13. The number of carbonyl (C=O) groups is 1. The minimum absolute atomic E-state index is 0.220. The molecular formula is C15H9BrClN3OS. The normalized spacial score (nSPS) is 10.5.